The average molecular weight is 636 g/mol. The number of fused-ring (bicyclic) bond motifs is 3. The Morgan fingerprint density at radius 3 is 2.59 bits per heavy atom. The van der Waals surface area contributed by atoms with Gasteiger partial charge in [-0.1, -0.05) is 50.2 Å². The first-order chi connectivity index (χ1) is 22.2. The van der Waals surface area contributed by atoms with E-state index in [4.69, 9.17) is 4.98 Å². The number of nitrogens with one attached hydrogen (secondary N) is 1. The number of hydrogen-bond donors (Lipinski definition) is 2. The lowest BCUT2D eigenvalue weighted by Crippen LogP contribution is -2.31. The number of amides is 1. The number of carbonyl (C=O) groups excluding carboxylic acids is 2. The number of aliphatic hydroxyl groups excluding tert-OH is 1. The summed E-state index contributed by atoms with van der Waals surface area (Å²) >= 11 is 1.36. The molecule has 1 unspecified atom stereocenters. The van der Waals surface area contributed by atoms with E-state index in [-0.39, 0.29) is 23.4 Å². The van der Waals surface area contributed by atoms with E-state index in [2.05, 4.69) is 10.4 Å². The van der Waals surface area contributed by atoms with Crippen LogP contribution in [0.15, 0.2) is 72.9 Å². The van der Waals surface area contributed by atoms with Gasteiger partial charge in [0.05, 0.1) is 27.6 Å². The first kappa shape index (κ1) is 30.0. The minimum Gasteiger partial charge on any atom is -0.368 e. The van der Waals surface area contributed by atoms with Crippen molar-refractivity contribution in [1.82, 2.24) is 14.8 Å². The third-order valence-electron chi connectivity index (χ3n) is 8.61. The molecular formula is C36H34FN5O3S. The van der Waals surface area contributed by atoms with Crippen molar-refractivity contribution in [3.05, 3.63) is 106 Å². The van der Waals surface area contributed by atoms with E-state index < -0.39 is 12.0 Å². The fourth-order valence-electron chi connectivity index (χ4n) is 5.98. The lowest BCUT2D eigenvalue weighted by molar-refractivity contribution is 0.0837. The highest BCUT2D eigenvalue weighted by Crippen LogP contribution is 2.45. The number of rotatable bonds is 7. The quantitative estimate of drug-likeness (QED) is 0.191. The molecule has 0 radical (unpaired) electrons. The Labute approximate surface area is 270 Å². The summed E-state index contributed by atoms with van der Waals surface area (Å²) in [7, 11) is 0. The number of hydrogen-bond acceptors (Lipinski definition) is 7. The summed E-state index contributed by atoms with van der Waals surface area (Å²) in [4.78, 5) is 34.3. The Morgan fingerprint density at radius 1 is 1.04 bits per heavy atom. The molecule has 10 heteroatoms. The zero-order valence-corrected chi connectivity index (χ0v) is 26.6. The molecule has 0 saturated heterocycles. The van der Waals surface area contributed by atoms with Gasteiger partial charge in [-0.25, -0.2) is 14.1 Å². The van der Waals surface area contributed by atoms with Crippen LogP contribution in [0.4, 0.5) is 15.8 Å². The molecule has 46 heavy (non-hydrogen) atoms. The number of anilines is 2. The van der Waals surface area contributed by atoms with Gasteiger partial charge in [-0.15, -0.1) is 11.3 Å². The molecule has 3 aromatic heterocycles. The maximum absolute atomic E-state index is 14.4. The van der Waals surface area contributed by atoms with Gasteiger partial charge in [0.1, 0.15) is 5.82 Å². The van der Waals surface area contributed by atoms with Crippen molar-refractivity contribution < 1.29 is 19.1 Å². The van der Waals surface area contributed by atoms with E-state index in [1.54, 1.807) is 25.3 Å². The molecule has 1 aliphatic carbocycles. The highest BCUT2D eigenvalue weighted by Gasteiger charge is 2.32. The Kier molecular flexibility index (Phi) is 7.78. The third-order valence-corrected chi connectivity index (χ3v) is 9.82. The standard InChI is InChI=1S/C36H34FN5O3S/c1-20(2)35(44)42-19-25(32(40-42)22-14-15-22)27-11-7-12-28(38-27)36(45)41-17-16-23-18-30(46-33(23)24-9-4-5-13-29(24)41)34(43)39-31-21(3)8-6-10-26(31)37/h4-13,18-20,22,36,45H,14-17H2,1-3H3,(H,39,43). The largest absolute Gasteiger partial charge is 0.368 e. The minimum absolute atomic E-state index is 0.0686. The van der Waals surface area contributed by atoms with Crippen LogP contribution in [0.25, 0.3) is 21.7 Å². The van der Waals surface area contributed by atoms with Gasteiger partial charge in [-0.3, -0.25) is 9.59 Å². The van der Waals surface area contributed by atoms with Crippen LogP contribution < -0.4 is 10.2 Å². The fraction of sp³-hybridized carbons (Fsp3) is 0.278. The van der Waals surface area contributed by atoms with Gasteiger partial charge in [-0.05, 0) is 67.6 Å². The monoisotopic (exact) mass is 635 g/mol. The molecule has 1 saturated carbocycles. The van der Waals surface area contributed by atoms with Crippen molar-refractivity contribution in [2.24, 2.45) is 5.92 Å². The number of halogens is 1. The zero-order valence-electron chi connectivity index (χ0n) is 25.8. The lowest BCUT2D eigenvalue weighted by Gasteiger charge is -2.30. The van der Waals surface area contributed by atoms with Crippen molar-refractivity contribution >= 4 is 34.5 Å². The number of aryl methyl sites for hydroxylation is 1. The number of pyridine rings is 1. The molecular weight excluding hydrogens is 601 g/mol. The van der Waals surface area contributed by atoms with Crippen molar-refractivity contribution in [3.63, 3.8) is 0 Å². The summed E-state index contributed by atoms with van der Waals surface area (Å²) in [5.41, 5.74) is 6.41. The van der Waals surface area contributed by atoms with Crippen LogP contribution in [-0.4, -0.2) is 38.2 Å². The average Bonchev–Trinajstić information content (AvgIpc) is 3.70. The second-order valence-corrected chi connectivity index (χ2v) is 13.3. The van der Waals surface area contributed by atoms with E-state index in [0.717, 1.165) is 45.8 Å². The normalized spacial score (nSPS) is 14.9. The van der Waals surface area contributed by atoms with E-state index in [9.17, 15) is 19.1 Å². The number of aliphatic hydroxyl groups is 1. The molecule has 7 rings (SSSR count). The highest BCUT2D eigenvalue weighted by atomic mass is 32.1. The Bertz CT molecular complexity index is 1960. The first-order valence-electron chi connectivity index (χ1n) is 15.5. The van der Waals surface area contributed by atoms with Crippen molar-refractivity contribution in [2.75, 3.05) is 16.8 Å². The van der Waals surface area contributed by atoms with E-state index in [0.29, 0.717) is 40.7 Å². The SMILES string of the molecule is Cc1cccc(F)c1NC(=O)c1cc2c(s1)-c1ccccc1N(C(O)c1cccc(-c3cn(C(=O)C(C)C)nc3C3CC3)n1)CC2. The number of benzene rings is 2. The van der Waals surface area contributed by atoms with Crippen LogP contribution in [0.2, 0.25) is 0 Å². The molecule has 5 aromatic rings. The summed E-state index contributed by atoms with van der Waals surface area (Å²) in [5.74, 6) is -0.771. The second-order valence-electron chi connectivity index (χ2n) is 12.3. The van der Waals surface area contributed by atoms with Gasteiger partial charge in [0.25, 0.3) is 5.91 Å². The van der Waals surface area contributed by atoms with Crippen LogP contribution in [0.1, 0.15) is 75.8 Å². The van der Waals surface area contributed by atoms with Crippen LogP contribution >= 0.6 is 11.3 Å². The molecule has 0 spiro atoms. The fourth-order valence-corrected chi connectivity index (χ4v) is 7.12. The van der Waals surface area contributed by atoms with Crippen LogP contribution in [0.3, 0.4) is 0 Å². The topological polar surface area (TPSA) is 100 Å². The molecule has 0 bridgehead atoms. The van der Waals surface area contributed by atoms with Crippen molar-refractivity contribution in [1.29, 1.82) is 0 Å². The maximum atomic E-state index is 14.4. The summed E-state index contributed by atoms with van der Waals surface area (Å²) < 4.78 is 15.9. The lowest BCUT2D eigenvalue weighted by atomic mass is 10.1. The highest BCUT2D eigenvalue weighted by molar-refractivity contribution is 7.17. The van der Waals surface area contributed by atoms with Gasteiger partial charge in [-0.2, -0.15) is 5.10 Å². The maximum Gasteiger partial charge on any atom is 0.265 e. The predicted molar refractivity (Wildman–Crippen MR) is 178 cm³/mol. The number of aromatic nitrogens is 3. The molecule has 4 heterocycles. The summed E-state index contributed by atoms with van der Waals surface area (Å²) in [6.45, 7) is 5.96. The molecule has 1 fully saturated rings. The summed E-state index contributed by atoms with van der Waals surface area (Å²) in [6.07, 6.45) is 3.37. The molecule has 2 aromatic carbocycles. The van der Waals surface area contributed by atoms with Crippen molar-refractivity contribution in [3.8, 4) is 21.7 Å². The summed E-state index contributed by atoms with van der Waals surface area (Å²) in [5, 5.41) is 19.2. The molecule has 1 amide bonds. The molecule has 234 valence electrons. The van der Waals surface area contributed by atoms with Crippen LogP contribution in [0.5, 0.6) is 0 Å². The minimum atomic E-state index is -1.04. The van der Waals surface area contributed by atoms with E-state index in [1.807, 2.05) is 67.3 Å². The van der Waals surface area contributed by atoms with Gasteiger partial charge in [0.15, 0.2) is 6.23 Å². The molecule has 2 N–H and O–H groups in total. The predicted octanol–water partition coefficient (Wildman–Crippen LogP) is 7.60. The van der Waals surface area contributed by atoms with Crippen LogP contribution in [-0.2, 0) is 6.42 Å². The molecule has 1 atom stereocenters. The van der Waals surface area contributed by atoms with Crippen LogP contribution in [0, 0.1) is 18.7 Å². The number of para-hydroxylation sites is 2. The molecule has 1 aliphatic heterocycles. The second kappa shape index (κ2) is 11.9. The van der Waals surface area contributed by atoms with E-state index in [1.165, 1.54) is 22.1 Å². The Morgan fingerprint density at radius 2 is 1.83 bits per heavy atom. The number of carbonyl (C=O) groups is 2. The third kappa shape index (κ3) is 5.52. The van der Waals surface area contributed by atoms with Gasteiger partial charge < -0.3 is 15.3 Å². The Hall–Kier alpha value is -4.67. The number of thiophene rings is 1. The first-order valence-corrected chi connectivity index (χ1v) is 16.4. The van der Waals surface area contributed by atoms with Gasteiger partial charge in [0, 0.05) is 46.3 Å². The molecule has 8 nitrogen and oxygen atoms in total. The summed E-state index contributed by atoms with van der Waals surface area (Å²) in [6, 6.07) is 20.0. The molecule has 2 aliphatic rings. The van der Waals surface area contributed by atoms with E-state index >= 15 is 0 Å². The Balaban J connectivity index is 1.19. The zero-order chi connectivity index (χ0) is 32.1. The van der Waals surface area contributed by atoms with Gasteiger partial charge in [0.2, 0.25) is 5.91 Å². The van der Waals surface area contributed by atoms with Gasteiger partial charge >= 0.3 is 0 Å². The smallest absolute Gasteiger partial charge is 0.265 e. The number of nitrogens with zero attached hydrogens (tertiary/aromatic N) is 4. The van der Waals surface area contributed by atoms with Crippen molar-refractivity contribution in [2.45, 2.75) is 52.2 Å².